The van der Waals surface area contributed by atoms with E-state index in [0.29, 0.717) is 12.2 Å². The second-order valence-corrected chi connectivity index (χ2v) is 6.83. The van der Waals surface area contributed by atoms with Gasteiger partial charge in [-0.3, -0.25) is 9.89 Å². The van der Waals surface area contributed by atoms with Gasteiger partial charge in [-0.15, -0.1) is 11.3 Å². The lowest BCUT2D eigenvalue weighted by atomic mass is 10.3. The average molecular weight is 304 g/mol. The van der Waals surface area contributed by atoms with E-state index in [9.17, 15) is 4.79 Å². The number of aryl methyl sites for hydroxylation is 1. The number of aromatic amines is 1. The van der Waals surface area contributed by atoms with Crippen molar-refractivity contribution in [3.8, 4) is 10.6 Å². The van der Waals surface area contributed by atoms with Crippen LogP contribution < -0.4 is 5.32 Å². The van der Waals surface area contributed by atoms with Crippen LogP contribution in [0, 0.1) is 6.92 Å². The summed E-state index contributed by atoms with van der Waals surface area (Å²) in [7, 11) is 2.11. The molecule has 1 aliphatic rings. The second kappa shape index (κ2) is 5.99. The molecule has 0 bridgehead atoms. The number of carbonyl (C=O) groups is 1. The molecule has 0 aromatic carbocycles. The molecule has 1 aliphatic carbocycles. The molecule has 1 saturated carbocycles. The number of amides is 1. The first-order valence-corrected chi connectivity index (χ1v) is 8.06. The van der Waals surface area contributed by atoms with Crippen LogP contribution in [0.3, 0.4) is 0 Å². The maximum absolute atomic E-state index is 12.1. The summed E-state index contributed by atoms with van der Waals surface area (Å²) in [6.45, 7) is 3.61. The number of hydrogen-bond acceptors (Lipinski definition) is 4. The number of H-pyrrole nitrogens is 1. The molecule has 0 atom stereocenters. The van der Waals surface area contributed by atoms with Crippen molar-refractivity contribution in [2.24, 2.45) is 0 Å². The number of aromatic nitrogens is 2. The van der Waals surface area contributed by atoms with Crippen molar-refractivity contribution in [3.63, 3.8) is 0 Å². The molecule has 3 rings (SSSR count). The number of likely N-dealkylation sites (N-methyl/N-ethyl adjacent to an activating group) is 1. The van der Waals surface area contributed by atoms with Gasteiger partial charge in [0.05, 0.1) is 10.6 Å². The summed E-state index contributed by atoms with van der Waals surface area (Å²) >= 11 is 1.69. The lowest BCUT2D eigenvalue weighted by molar-refractivity contribution is 0.0944. The van der Waals surface area contributed by atoms with Crippen molar-refractivity contribution >= 4 is 17.2 Å². The van der Waals surface area contributed by atoms with Crippen molar-refractivity contribution in [2.75, 3.05) is 20.1 Å². The summed E-state index contributed by atoms with van der Waals surface area (Å²) in [6.07, 6.45) is 2.57. The fourth-order valence-electron chi connectivity index (χ4n) is 2.28. The Hall–Kier alpha value is -1.66. The number of thiophene rings is 1. The minimum atomic E-state index is -0.116. The Morgan fingerprint density at radius 1 is 1.52 bits per heavy atom. The molecule has 1 amide bonds. The Labute approximate surface area is 128 Å². The highest BCUT2D eigenvalue weighted by Crippen LogP contribution is 2.26. The third-order valence-corrected chi connectivity index (χ3v) is 4.77. The highest BCUT2D eigenvalue weighted by atomic mass is 32.1. The molecule has 6 heteroatoms. The molecule has 2 aromatic heterocycles. The van der Waals surface area contributed by atoms with Crippen molar-refractivity contribution in [3.05, 3.63) is 28.8 Å². The van der Waals surface area contributed by atoms with E-state index in [0.717, 1.165) is 23.2 Å². The zero-order valence-electron chi connectivity index (χ0n) is 12.3. The fourth-order valence-corrected chi connectivity index (χ4v) is 3.11. The van der Waals surface area contributed by atoms with Gasteiger partial charge in [0.25, 0.3) is 5.91 Å². The monoisotopic (exact) mass is 304 g/mol. The van der Waals surface area contributed by atoms with Crippen LogP contribution in [0.1, 0.15) is 28.2 Å². The molecule has 2 heterocycles. The highest BCUT2D eigenvalue weighted by Gasteiger charge is 2.25. The topological polar surface area (TPSA) is 61.0 Å². The van der Waals surface area contributed by atoms with E-state index in [1.165, 1.54) is 17.7 Å². The summed E-state index contributed by atoms with van der Waals surface area (Å²) < 4.78 is 0. The third kappa shape index (κ3) is 3.51. The van der Waals surface area contributed by atoms with E-state index in [-0.39, 0.29) is 5.91 Å². The van der Waals surface area contributed by atoms with E-state index >= 15 is 0 Å². The van der Waals surface area contributed by atoms with E-state index in [4.69, 9.17) is 0 Å². The minimum Gasteiger partial charge on any atom is -0.349 e. The second-order valence-electron chi connectivity index (χ2n) is 5.54. The average Bonchev–Trinajstić information content (AvgIpc) is 3.04. The van der Waals surface area contributed by atoms with Gasteiger partial charge in [0.1, 0.15) is 0 Å². The Balaban J connectivity index is 1.54. The molecule has 2 N–H and O–H groups in total. The predicted octanol–water partition coefficient (Wildman–Crippen LogP) is 2.27. The first kappa shape index (κ1) is 14.3. The first-order valence-electron chi connectivity index (χ1n) is 7.24. The minimum absolute atomic E-state index is 0.116. The Kier molecular flexibility index (Phi) is 4.07. The smallest absolute Gasteiger partial charge is 0.271 e. The molecule has 0 unspecified atom stereocenters. The molecular weight excluding hydrogens is 284 g/mol. The van der Waals surface area contributed by atoms with Gasteiger partial charge in [0, 0.05) is 24.0 Å². The van der Waals surface area contributed by atoms with E-state index in [1.807, 2.05) is 12.1 Å². The summed E-state index contributed by atoms with van der Waals surface area (Å²) in [6, 6.07) is 6.64. The summed E-state index contributed by atoms with van der Waals surface area (Å²) in [5, 5.41) is 9.96. The molecule has 0 radical (unpaired) electrons. The highest BCUT2D eigenvalue weighted by molar-refractivity contribution is 7.15. The quantitative estimate of drug-likeness (QED) is 0.860. The van der Waals surface area contributed by atoms with Crippen molar-refractivity contribution in [1.82, 2.24) is 20.4 Å². The van der Waals surface area contributed by atoms with Gasteiger partial charge in [0.15, 0.2) is 5.69 Å². The molecule has 1 fully saturated rings. The van der Waals surface area contributed by atoms with Crippen LogP contribution in [0.2, 0.25) is 0 Å². The zero-order valence-corrected chi connectivity index (χ0v) is 13.2. The molecule has 0 spiro atoms. The van der Waals surface area contributed by atoms with Gasteiger partial charge in [-0.1, -0.05) is 0 Å². The lowest BCUT2D eigenvalue weighted by Crippen LogP contribution is -2.34. The number of rotatable bonds is 6. The van der Waals surface area contributed by atoms with Gasteiger partial charge in [-0.2, -0.15) is 5.10 Å². The van der Waals surface area contributed by atoms with Crippen molar-refractivity contribution < 1.29 is 4.79 Å². The van der Waals surface area contributed by atoms with E-state index < -0.39 is 0 Å². The van der Waals surface area contributed by atoms with Crippen LogP contribution >= 0.6 is 11.3 Å². The summed E-state index contributed by atoms with van der Waals surface area (Å²) in [5.74, 6) is -0.116. The SMILES string of the molecule is Cc1ccc(-c2cc(C(=O)NCCN(C)C3CC3)n[nH]2)s1. The molecule has 112 valence electrons. The van der Waals surface area contributed by atoms with Gasteiger partial charge in [-0.25, -0.2) is 0 Å². The van der Waals surface area contributed by atoms with E-state index in [2.05, 4.69) is 40.5 Å². The largest absolute Gasteiger partial charge is 0.349 e. The van der Waals surface area contributed by atoms with Crippen molar-refractivity contribution in [1.29, 1.82) is 0 Å². The fraction of sp³-hybridized carbons (Fsp3) is 0.467. The molecule has 0 saturated heterocycles. The number of nitrogens with zero attached hydrogens (tertiary/aromatic N) is 2. The van der Waals surface area contributed by atoms with Crippen LogP contribution in [0.25, 0.3) is 10.6 Å². The maximum atomic E-state index is 12.1. The Bertz CT molecular complexity index is 629. The summed E-state index contributed by atoms with van der Waals surface area (Å²) in [5.41, 5.74) is 1.35. The van der Waals surface area contributed by atoms with Crippen LogP contribution in [-0.2, 0) is 0 Å². The van der Waals surface area contributed by atoms with Crippen molar-refractivity contribution in [2.45, 2.75) is 25.8 Å². The lowest BCUT2D eigenvalue weighted by Gasteiger charge is -2.15. The standard InChI is InChI=1S/C15H20N4OS/c1-10-3-6-14(21-10)12-9-13(18-17-12)15(20)16-7-8-19(2)11-4-5-11/h3,6,9,11H,4-5,7-8H2,1-2H3,(H,16,20)(H,17,18). The Morgan fingerprint density at radius 3 is 3.00 bits per heavy atom. The molecule has 5 nitrogen and oxygen atoms in total. The third-order valence-electron chi connectivity index (χ3n) is 3.74. The van der Waals surface area contributed by atoms with E-state index in [1.54, 1.807) is 11.3 Å². The number of nitrogens with one attached hydrogen (secondary N) is 2. The molecule has 2 aromatic rings. The number of carbonyl (C=O) groups excluding carboxylic acids is 1. The first-order chi connectivity index (χ1) is 10.1. The van der Waals surface area contributed by atoms with Gasteiger partial charge < -0.3 is 10.2 Å². The van der Waals surface area contributed by atoms with Gasteiger partial charge in [-0.05, 0) is 45.0 Å². The maximum Gasteiger partial charge on any atom is 0.271 e. The summed E-state index contributed by atoms with van der Waals surface area (Å²) in [4.78, 5) is 16.7. The van der Waals surface area contributed by atoms with Gasteiger partial charge >= 0.3 is 0 Å². The van der Waals surface area contributed by atoms with Crippen LogP contribution in [0.4, 0.5) is 0 Å². The van der Waals surface area contributed by atoms with Crippen LogP contribution in [0.15, 0.2) is 18.2 Å². The molecular formula is C15H20N4OS. The predicted molar refractivity (Wildman–Crippen MR) is 84.6 cm³/mol. The molecule has 0 aliphatic heterocycles. The zero-order chi connectivity index (χ0) is 14.8. The molecule has 21 heavy (non-hydrogen) atoms. The number of hydrogen-bond donors (Lipinski definition) is 2. The van der Waals surface area contributed by atoms with Crippen LogP contribution in [0.5, 0.6) is 0 Å². The Morgan fingerprint density at radius 2 is 2.33 bits per heavy atom. The van der Waals surface area contributed by atoms with Crippen LogP contribution in [-0.4, -0.2) is 47.2 Å². The van der Waals surface area contributed by atoms with Gasteiger partial charge in [0.2, 0.25) is 0 Å². The normalized spacial score (nSPS) is 14.6.